The zero-order valence-electron chi connectivity index (χ0n) is 60.0. The fourth-order valence-corrected chi connectivity index (χ4v) is 17.2. The van der Waals surface area contributed by atoms with E-state index in [1.54, 1.807) is 31.1 Å². The van der Waals surface area contributed by atoms with Gasteiger partial charge < -0.3 is 30.4 Å². The van der Waals surface area contributed by atoms with E-state index >= 15 is 0 Å². The molecule has 10 saturated carbocycles. The molecule has 0 aliphatic heterocycles. The van der Waals surface area contributed by atoms with Crippen LogP contribution in [-0.2, 0) is 104 Å². The van der Waals surface area contributed by atoms with E-state index in [1.165, 1.54) is 12.8 Å². The van der Waals surface area contributed by atoms with Crippen LogP contribution in [0.3, 0.4) is 0 Å². The van der Waals surface area contributed by atoms with Crippen molar-refractivity contribution in [3.05, 3.63) is 158 Å². The number of aromatic hydroxyl groups is 5. The second-order valence-corrected chi connectivity index (χ2v) is 47.4. The molecule has 20 atom stereocenters. The standard InChI is InChI=1S/2C16H18N2O.3C15H18FNO.10ClH.5Zr/c1-10-4-3-5-13(16(10)19)9-18-15-12-7-6-11(8-12)14(15)17-2;1-10-3-2-4-12(16(10)19)9-18-15-7-11-5-13(8-17)14(15)6-11;1-9-3-2-4-11(15(9)18)8-17-14-7-10-5-12(14)13(16)6-10;1-9-3-2-4-10(15(9)18)8-17-14-7-11-5-12(14)6-13(11)16;1-9-3-2-4-12(15(9)18)8-17-14-11-6-5-10(7-11)13(14)16;;;;;;;;;;;;;;;/h3-5,9,11-12,14-15,19H,6-8H2,1H3;2-4,9,11,13-15,19H,5-7H2,1H3;2-4,8,10,12-14,18H,5-7H2,1H3;2-4,8,11-14,18H,5-7H2,1H3;2-4,8,10-11,13-14,18H,5-7H2,1H3;10*1H;;;;;/q;;;;;;;;;;;;;;;5*+2/p-10. The quantitative estimate of drug-likeness (QED) is 0.0683. The third-order valence-electron chi connectivity index (χ3n) is 22.5. The molecule has 0 aromatic heterocycles. The molecule has 5 aromatic carbocycles. The maximum atomic E-state index is 14.0. The minimum atomic E-state index is -0.826. The van der Waals surface area contributed by atoms with Gasteiger partial charge in [-0.2, -0.15) is 5.26 Å². The molecule has 20 unspecified atom stereocenters. The molecule has 0 heterocycles. The van der Waals surface area contributed by atoms with Gasteiger partial charge in [-0.15, -0.1) is 0 Å². The van der Waals surface area contributed by atoms with E-state index < -0.39 is 123 Å². The molecule has 10 aliphatic carbocycles. The first-order valence-corrected chi connectivity index (χ1v) is 67.2. The van der Waals surface area contributed by atoms with Gasteiger partial charge in [0.2, 0.25) is 6.04 Å². The summed E-state index contributed by atoms with van der Waals surface area (Å²) in [6, 6.07) is 31.2. The van der Waals surface area contributed by atoms with E-state index in [-0.39, 0.29) is 71.4 Å². The number of aliphatic imine (C=N–C) groups is 5. The summed E-state index contributed by atoms with van der Waals surface area (Å²) in [6.07, 6.45) is 21.8. The zero-order valence-corrected chi connectivity index (χ0v) is 79.8. The Morgan fingerprint density at radius 1 is 0.393 bits per heavy atom. The molecular weight excluding hydrogens is 1970 g/mol. The fourth-order valence-electron chi connectivity index (χ4n) is 17.2. The minimum absolute atomic E-state index is 0.0574. The summed E-state index contributed by atoms with van der Waals surface area (Å²) in [5.74, 6) is 5.77. The first kappa shape index (κ1) is 95.4. The number of hydrogen-bond donors (Lipinski definition) is 5. The second kappa shape index (κ2) is 50.2. The van der Waals surface area contributed by atoms with Gasteiger partial charge in [0.1, 0.15) is 53.3 Å². The van der Waals surface area contributed by atoms with Crippen LogP contribution in [-0.4, -0.2) is 111 Å². The van der Waals surface area contributed by atoms with E-state index in [0.29, 0.717) is 70.7 Å². The van der Waals surface area contributed by atoms with E-state index in [2.05, 4.69) is 35.9 Å². The van der Waals surface area contributed by atoms with Crippen molar-refractivity contribution in [2.45, 2.75) is 186 Å². The average molecular weight is 2060 g/mol. The molecule has 107 heavy (non-hydrogen) atoms. The average Bonchev–Trinajstić information content (AvgIpc) is 1.65. The van der Waals surface area contributed by atoms with E-state index in [1.807, 2.05) is 126 Å². The predicted octanol–water partition coefficient (Wildman–Crippen LogP) is 22.9. The summed E-state index contributed by atoms with van der Waals surface area (Å²) < 4.78 is 41.0. The molecule has 12 nitrogen and oxygen atoms in total. The number of nitrogens with zero attached hydrogens (tertiary/aromatic N) is 7. The number of rotatable bonds is 10. The van der Waals surface area contributed by atoms with Crippen LogP contribution < -0.4 is 0 Å². The van der Waals surface area contributed by atoms with Crippen LogP contribution >= 0.6 is 85.1 Å². The number of benzene rings is 5. The van der Waals surface area contributed by atoms with Gasteiger partial charge in [0.05, 0.1) is 36.2 Å². The van der Waals surface area contributed by atoms with Crippen molar-refractivity contribution < 1.29 is 143 Å². The van der Waals surface area contributed by atoms with Crippen LogP contribution in [0.5, 0.6) is 28.7 Å². The van der Waals surface area contributed by atoms with Crippen molar-refractivity contribution in [1.29, 1.82) is 5.26 Å². The Morgan fingerprint density at radius 2 is 0.729 bits per heavy atom. The van der Waals surface area contributed by atoms with Crippen molar-refractivity contribution >= 4 is 116 Å². The number of para-hydroxylation sites is 5. The van der Waals surface area contributed by atoms with Crippen LogP contribution in [0.4, 0.5) is 13.2 Å². The van der Waals surface area contributed by atoms with Gasteiger partial charge in [-0.3, -0.25) is 25.0 Å². The molecule has 0 radical (unpaired) electrons. The molecule has 30 heteroatoms. The molecule has 0 amide bonds. The van der Waals surface area contributed by atoms with Crippen molar-refractivity contribution in [3.63, 3.8) is 0 Å². The summed E-state index contributed by atoms with van der Waals surface area (Å²) in [5, 5.41) is 58.7. The van der Waals surface area contributed by atoms with E-state index in [0.717, 1.165) is 127 Å². The van der Waals surface area contributed by atoms with Gasteiger partial charge in [-0.25, -0.2) is 19.7 Å². The topological polar surface area (TPSA) is 191 Å². The molecule has 10 aliphatic rings. The number of halogens is 13. The number of aryl methyl sites for hydroxylation is 5. The normalized spacial score (nSPS) is 29.8. The van der Waals surface area contributed by atoms with Gasteiger partial charge in [0.15, 0.2) is 0 Å². The third-order valence-corrected chi connectivity index (χ3v) is 22.5. The zero-order chi connectivity index (χ0) is 78.4. The summed E-state index contributed by atoms with van der Waals surface area (Å²) in [7, 11) is 49.3. The molecular formula is C77H90Cl10F3N7O5Zr5. The third kappa shape index (κ3) is 28.1. The summed E-state index contributed by atoms with van der Waals surface area (Å²) >= 11 is -4.13. The molecule has 0 spiro atoms. The van der Waals surface area contributed by atoms with Gasteiger partial charge in [0, 0.05) is 70.7 Å². The van der Waals surface area contributed by atoms with Crippen LogP contribution in [0, 0.1) is 118 Å². The Hall–Kier alpha value is -0.464. The Bertz CT molecular complexity index is 3820. The number of nitriles is 1. The number of fused-ring (bicyclic) bond motifs is 10. The van der Waals surface area contributed by atoms with Crippen LogP contribution in [0.25, 0.3) is 4.85 Å². The van der Waals surface area contributed by atoms with Crippen molar-refractivity contribution in [2.24, 2.45) is 90.1 Å². The SMILES string of the molecule is Cc1cccc(C=NC2C3CCC(C3)C2F)c1O.Cc1cccc(C=NC2CC3CC(C#N)C2C3)c1O.Cc1cccc(C=NC2CC3CC(F)C2C3)c1O.Cc1cccc(C=NC2CC3CC2CC3F)c1O.[C-]#[N+]C1C2CCC(C2)C1N=Cc1cccc(C)c1O.[Cl][Zr][Cl].[Cl][Zr][Cl].[Cl][Zr][Cl].[Cl][Zr][Cl].[Cl][Zr][Cl]. The van der Waals surface area contributed by atoms with Crippen molar-refractivity contribution in [3.8, 4) is 34.8 Å². The molecule has 5 N–H and O–H groups in total. The Kier molecular flexibility index (Phi) is 44.8. The Morgan fingerprint density at radius 3 is 1.07 bits per heavy atom. The number of phenolic OH excluding ortho intramolecular Hbond substituents is 5. The van der Waals surface area contributed by atoms with Gasteiger partial charge in [-0.05, 0) is 236 Å². The monoisotopic (exact) mass is 2050 g/mol. The number of alkyl halides is 3. The number of hydrogen-bond acceptors (Lipinski definition) is 11. The summed E-state index contributed by atoms with van der Waals surface area (Å²) in [4.78, 5) is 26.5. The Balaban J connectivity index is 0.000000200. The second-order valence-electron chi connectivity index (χ2n) is 28.7. The molecule has 574 valence electrons. The predicted molar refractivity (Wildman–Crippen MR) is 418 cm³/mol. The molecule has 10 bridgehead atoms. The summed E-state index contributed by atoms with van der Waals surface area (Å²) in [6.45, 7) is 16.7. The Labute approximate surface area is 723 Å². The summed E-state index contributed by atoms with van der Waals surface area (Å²) in [5.41, 5.74) is 7.95. The molecule has 10 fully saturated rings. The van der Waals surface area contributed by atoms with Gasteiger partial charge in [0.25, 0.3) is 0 Å². The number of phenols is 5. The first-order valence-electron chi connectivity index (χ1n) is 35.5. The van der Waals surface area contributed by atoms with E-state index in [4.69, 9.17) is 97.0 Å². The molecule has 15 rings (SSSR count). The molecule has 5 aromatic rings. The van der Waals surface area contributed by atoms with E-state index in [9.17, 15) is 38.7 Å². The van der Waals surface area contributed by atoms with Crippen molar-refractivity contribution in [1.82, 2.24) is 0 Å². The maximum absolute atomic E-state index is 14.0. The van der Waals surface area contributed by atoms with Crippen LogP contribution in [0.15, 0.2) is 116 Å². The molecule has 0 saturated heterocycles. The van der Waals surface area contributed by atoms with Gasteiger partial charge >= 0.3 is 189 Å². The van der Waals surface area contributed by atoms with Gasteiger partial charge in [-0.1, -0.05) is 60.7 Å². The van der Waals surface area contributed by atoms with Crippen LogP contribution in [0.2, 0.25) is 0 Å². The fraction of sp³-hybridized carbons (Fsp3) is 0.519. The first-order chi connectivity index (χ1) is 51.4. The van der Waals surface area contributed by atoms with Crippen LogP contribution in [0.1, 0.15) is 152 Å². The van der Waals surface area contributed by atoms with Crippen molar-refractivity contribution in [2.75, 3.05) is 0 Å².